The SMILES string of the molecule is CCCNC(C1CCOCC1)C(C(F)(F)F)C(F)(F)F. The standard InChI is InChI=1S/C12H19F6NO/c1-2-5-19-9(8-3-6-20-7-4-8)10(11(13,14)15)12(16,17)18/h8-10,19H,2-7H2,1H3. The highest BCUT2D eigenvalue weighted by atomic mass is 19.4. The molecule has 0 aromatic heterocycles. The molecule has 1 heterocycles. The van der Waals surface area contributed by atoms with Gasteiger partial charge >= 0.3 is 12.4 Å². The molecule has 0 aromatic rings. The van der Waals surface area contributed by atoms with Crippen molar-refractivity contribution in [2.45, 2.75) is 44.6 Å². The second-order valence-electron chi connectivity index (χ2n) is 4.99. The summed E-state index contributed by atoms with van der Waals surface area (Å²) < 4.78 is 82.2. The van der Waals surface area contributed by atoms with Gasteiger partial charge in [-0.25, -0.2) is 0 Å². The maximum absolute atomic E-state index is 12.9. The van der Waals surface area contributed by atoms with E-state index in [1.165, 1.54) is 0 Å². The van der Waals surface area contributed by atoms with Gasteiger partial charge in [0.25, 0.3) is 0 Å². The van der Waals surface area contributed by atoms with Crippen molar-refractivity contribution in [2.75, 3.05) is 19.8 Å². The van der Waals surface area contributed by atoms with Gasteiger partial charge in [0.2, 0.25) is 0 Å². The Morgan fingerprint density at radius 3 is 1.95 bits per heavy atom. The molecule has 0 saturated carbocycles. The average molecular weight is 307 g/mol. The summed E-state index contributed by atoms with van der Waals surface area (Å²) in [7, 11) is 0. The molecule has 1 unspecified atom stereocenters. The number of halogens is 6. The lowest BCUT2D eigenvalue weighted by Crippen LogP contribution is -2.55. The number of alkyl halides is 6. The molecule has 0 radical (unpaired) electrons. The van der Waals surface area contributed by atoms with Crippen LogP contribution in [-0.2, 0) is 4.74 Å². The van der Waals surface area contributed by atoms with Crippen LogP contribution in [0.2, 0.25) is 0 Å². The number of hydrogen-bond acceptors (Lipinski definition) is 2. The first kappa shape index (κ1) is 17.6. The van der Waals surface area contributed by atoms with Crippen molar-refractivity contribution in [3.8, 4) is 0 Å². The molecule has 0 amide bonds. The molecule has 1 fully saturated rings. The van der Waals surface area contributed by atoms with Crippen LogP contribution in [0.25, 0.3) is 0 Å². The van der Waals surface area contributed by atoms with E-state index in [9.17, 15) is 26.3 Å². The summed E-state index contributed by atoms with van der Waals surface area (Å²) in [6.07, 6.45) is -9.71. The van der Waals surface area contributed by atoms with Crippen LogP contribution in [-0.4, -0.2) is 38.2 Å². The Hall–Kier alpha value is -0.500. The lowest BCUT2D eigenvalue weighted by molar-refractivity contribution is -0.296. The molecule has 1 N–H and O–H groups in total. The summed E-state index contributed by atoms with van der Waals surface area (Å²) in [5.41, 5.74) is 0. The van der Waals surface area contributed by atoms with Crippen LogP contribution < -0.4 is 5.32 Å². The molecular weight excluding hydrogens is 288 g/mol. The van der Waals surface area contributed by atoms with Crippen LogP contribution in [0.1, 0.15) is 26.2 Å². The normalized spacial score (nSPS) is 20.4. The van der Waals surface area contributed by atoms with Crippen molar-refractivity contribution < 1.29 is 31.1 Å². The van der Waals surface area contributed by atoms with E-state index < -0.39 is 30.2 Å². The van der Waals surface area contributed by atoms with Gasteiger partial charge in [0.05, 0.1) is 0 Å². The minimum absolute atomic E-state index is 0.130. The third kappa shape index (κ3) is 4.80. The Kier molecular flexibility index (Phi) is 6.12. The van der Waals surface area contributed by atoms with Crippen molar-refractivity contribution in [2.24, 2.45) is 11.8 Å². The largest absolute Gasteiger partial charge is 0.402 e. The summed E-state index contributed by atoms with van der Waals surface area (Å²) in [5, 5.41) is 2.46. The summed E-state index contributed by atoms with van der Waals surface area (Å²) in [6.45, 7) is 2.24. The monoisotopic (exact) mass is 307 g/mol. The van der Waals surface area contributed by atoms with Crippen LogP contribution in [0, 0.1) is 11.8 Å². The van der Waals surface area contributed by atoms with Gasteiger partial charge in [-0.15, -0.1) is 0 Å². The van der Waals surface area contributed by atoms with Crippen molar-refractivity contribution in [3.05, 3.63) is 0 Å². The number of ether oxygens (including phenoxy) is 1. The van der Waals surface area contributed by atoms with Crippen LogP contribution in [0.4, 0.5) is 26.3 Å². The van der Waals surface area contributed by atoms with Gasteiger partial charge in [0.15, 0.2) is 5.92 Å². The first-order valence-electron chi connectivity index (χ1n) is 6.62. The minimum atomic E-state index is -5.30. The fraction of sp³-hybridized carbons (Fsp3) is 1.00. The second kappa shape index (κ2) is 6.98. The molecule has 2 nitrogen and oxygen atoms in total. The summed E-state index contributed by atoms with van der Waals surface area (Å²) in [6, 6.07) is -1.64. The molecule has 8 heteroatoms. The number of rotatable bonds is 5. The highest BCUT2D eigenvalue weighted by Crippen LogP contribution is 2.44. The Bertz CT molecular complexity index is 271. The highest BCUT2D eigenvalue weighted by Gasteiger charge is 2.61. The molecule has 120 valence electrons. The van der Waals surface area contributed by atoms with Crippen molar-refractivity contribution in [1.29, 1.82) is 0 Å². The molecule has 1 saturated heterocycles. The van der Waals surface area contributed by atoms with E-state index in [0.717, 1.165) is 0 Å². The number of hydrogen-bond donors (Lipinski definition) is 1. The lowest BCUT2D eigenvalue weighted by atomic mass is 9.82. The molecule has 0 spiro atoms. The maximum Gasteiger partial charge on any atom is 0.402 e. The zero-order chi connectivity index (χ0) is 15.4. The van der Waals surface area contributed by atoms with E-state index in [2.05, 4.69) is 5.32 Å². The third-order valence-corrected chi connectivity index (χ3v) is 3.47. The van der Waals surface area contributed by atoms with E-state index >= 15 is 0 Å². The van der Waals surface area contributed by atoms with E-state index in [4.69, 9.17) is 4.74 Å². The smallest absolute Gasteiger partial charge is 0.381 e. The van der Waals surface area contributed by atoms with Gasteiger partial charge in [0, 0.05) is 19.3 Å². The Balaban J connectivity index is 2.97. The molecule has 1 rings (SSSR count). The zero-order valence-corrected chi connectivity index (χ0v) is 11.2. The first-order chi connectivity index (χ1) is 9.18. The van der Waals surface area contributed by atoms with E-state index in [-0.39, 0.29) is 32.6 Å². The highest BCUT2D eigenvalue weighted by molar-refractivity contribution is 4.92. The minimum Gasteiger partial charge on any atom is -0.381 e. The fourth-order valence-electron chi connectivity index (χ4n) is 2.54. The molecule has 20 heavy (non-hydrogen) atoms. The summed E-state index contributed by atoms with van der Waals surface area (Å²) >= 11 is 0. The topological polar surface area (TPSA) is 21.3 Å². The lowest BCUT2D eigenvalue weighted by Gasteiger charge is -2.38. The zero-order valence-electron chi connectivity index (χ0n) is 11.2. The maximum atomic E-state index is 12.9. The van der Waals surface area contributed by atoms with Gasteiger partial charge < -0.3 is 10.1 Å². The molecule has 0 aliphatic carbocycles. The van der Waals surface area contributed by atoms with Gasteiger partial charge in [-0.3, -0.25) is 0 Å². The fourth-order valence-corrected chi connectivity index (χ4v) is 2.54. The van der Waals surface area contributed by atoms with Gasteiger partial charge in [-0.2, -0.15) is 26.3 Å². The van der Waals surface area contributed by atoms with E-state index in [0.29, 0.717) is 6.42 Å². The first-order valence-corrected chi connectivity index (χ1v) is 6.62. The van der Waals surface area contributed by atoms with Gasteiger partial charge in [0.1, 0.15) is 0 Å². The molecule has 1 atom stereocenters. The Labute approximate surface area is 113 Å². The molecule has 1 aliphatic rings. The van der Waals surface area contributed by atoms with E-state index in [1.807, 2.05) is 0 Å². The average Bonchev–Trinajstić information content (AvgIpc) is 2.32. The van der Waals surface area contributed by atoms with Gasteiger partial charge in [-0.05, 0) is 31.7 Å². The molecular formula is C12H19F6NO. The van der Waals surface area contributed by atoms with Crippen molar-refractivity contribution in [1.82, 2.24) is 5.32 Å². The Morgan fingerprint density at radius 2 is 1.55 bits per heavy atom. The van der Waals surface area contributed by atoms with Crippen molar-refractivity contribution in [3.63, 3.8) is 0 Å². The molecule has 1 aliphatic heterocycles. The summed E-state index contributed by atoms with van der Waals surface area (Å²) in [5.74, 6) is -4.01. The summed E-state index contributed by atoms with van der Waals surface area (Å²) in [4.78, 5) is 0. The predicted molar refractivity (Wildman–Crippen MR) is 61.2 cm³/mol. The third-order valence-electron chi connectivity index (χ3n) is 3.47. The second-order valence-corrected chi connectivity index (χ2v) is 4.99. The number of nitrogens with one attached hydrogen (secondary N) is 1. The van der Waals surface area contributed by atoms with Gasteiger partial charge in [-0.1, -0.05) is 6.92 Å². The predicted octanol–water partition coefficient (Wildman–Crippen LogP) is 3.52. The molecule has 0 aromatic carbocycles. The quantitative estimate of drug-likeness (QED) is 0.785. The van der Waals surface area contributed by atoms with Crippen LogP contribution in [0.3, 0.4) is 0 Å². The Morgan fingerprint density at radius 1 is 1.05 bits per heavy atom. The van der Waals surface area contributed by atoms with E-state index in [1.54, 1.807) is 6.92 Å². The molecule has 0 bridgehead atoms. The van der Waals surface area contributed by atoms with Crippen LogP contribution in [0.15, 0.2) is 0 Å². The van der Waals surface area contributed by atoms with Crippen molar-refractivity contribution >= 4 is 0 Å². The van der Waals surface area contributed by atoms with Crippen LogP contribution >= 0.6 is 0 Å². The van der Waals surface area contributed by atoms with Crippen LogP contribution in [0.5, 0.6) is 0 Å².